The van der Waals surface area contributed by atoms with Crippen molar-refractivity contribution in [3.05, 3.63) is 57.7 Å². The topological polar surface area (TPSA) is 42.4 Å². The number of benzene rings is 1. The van der Waals surface area contributed by atoms with Crippen LogP contribution in [0, 0.1) is 0 Å². The molecular weight excluding hydrogens is 330 g/mol. The molecule has 1 aromatic heterocycles. The van der Waals surface area contributed by atoms with Gasteiger partial charge in [0.25, 0.3) is 0 Å². The van der Waals surface area contributed by atoms with E-state index in [-0.39, 0.29) is 12.0 Å². The van der Waals surface area contributed by atoms with E-state index in [9.17, 15) is 5.11 Å². The molecule has 0 amide bonds. The Morgan fingerprint density at radius 3 is 2.52 bits per heavy atom. The van der Waals surface area contributed by atoms with Crippen LogP contribution in [0.25, 0.3) is 0 Å². The summed E-state index contributed by atoms with van der Waals surface area (Å²) in [4.78, 5) is 4.55. The average Bonchev–Trinajstić information content (AvgIpc) is 2.44. The minimum absolute atomic E-state index is 0.0150. The van der Waals surface area contributed by atoms with Crippen molar-refractivity contribution in [3.63, 3.8) is 0 Å². The van der Waals surface area contributed by atoms with Crippen LogP contribution < -0.4 is 4.74 Å². The summed E-state index contributed by atoms with van der Waals surface area (Å²) in [6.45, 7) is 6.71. The standard InChI is InChI=1S/C17H20BrNO2/c1-17(2,3)15-8-13(10-20)9-16(19-15)21-11-12-5-4-6-14(18)7-12/h4-9,20H,10-11H2,1-3H3. The maximum Gasteiger partial charge on any atom is 0.214 e. The van der Waals surface area contributed by atoms with Gasteiger partial charge in [-0.3, -0.25) is 0 Å². The summed E-state index contributed by atoms with van der Waals surface area (Å²) >= 11 is 3.44. The Bertz CT molecular complexity index is 620. The molecule has 1 N–H and O–H groups in total. The summed E-state index contributed by atoms with van der Waals surface area (Å²) in [5, 5.41) is 9.38. The highest BCUT2D eigenvalue weighted by Gasteiger charge is 2.17. The van der Waals surface area contributed by atoms with Crippen LogP contribution in [-0.2, 0) is 18.6 Å². The number of ether oxygens (including phenoxy) is 1. The summed E-state index contributed by atoms with van der Waals surface area (Å²) in [5.41, 5.74) is 2.72. The zero-order valence-electron chi connectivity index (χ0n) is 12.6. The highest BCUT2D eigenvalue weighted by Crippen LogP contribution is 2.25. The molecule has 112 valence electrons. The average molecular weight is 350 g/mol. The molecule has 4 heteroatoms. The molecule has 0 saturated heterocycles. The maximum atomic E-state index is 9.38. The summed E-state index contributed by atoms with van der Waals surface area (Å²) in [6, 6.07) is 11.7. The van der Waals surface area contributed by atoms with Gasteiger partial charge in [0, 0.05) is 16.0 Å². The van der Waals surface area contributed by atoms with E-state index in [0.29, 0.717) is 12.5 Å². The normalized spacial score (nSPS) is 11.5. The minimum atomic E-state index is -0.0843. The Balaban J connectivity index is 2.19. The number of pyridine rings is 1. The van der Waals surface area contributed by atoms with Crippen LogP contribution in [0.4, 0.5) is 0 Å². The predicted molar refractivity (Wildman–Crippen MR) is 87.3 cm³/mol. The molecule has 0 unspecified atom stereocenters. The van der Waals surface area contributed by atoms with E-state index in [1.54, 1.807) is 6.07 Å². The van der Waals surface area contributed by atoms with Crippen molar-refractivity contribution in [2.45, 2.75) is 39.4 Å². The first-order valence-electron chi connectivity index (χ1n) is 6.88. The summed E-state index contributed by atoms with van der Waals surface area (Å²) in [5.74, 6) is 0.548. The Hall–Kier alpha value is -1.39. The zero-order valence-corrected chi connectivity index (χ0v) is 14.1. The van der Waals surface area contributed by atoms with Crippen molar-refractivity contribution in [1.82, 2.24) is 4.98 Å². The van der Waals surface area contributed by atoms with Crippen LogP contribution in [0.15, 0.2) is 40.9 Å². The van der Waals surface area contributed by atoms with E-state index in [0.717, 1.165) is 21.3 Å². The maximum absolute atomic E-state index is 9.38. The Kier molecular flexibility index (Phi) is 5.01. The molecule has 0 spiro atoms. The van der Waals surface area contributed by atoms with Gasteiger partial charge in [0.2, 0.25) is 5.88 Å². The van der Waals surface area contributed by atoms with Crippen molar-refractivity contribution in [3.8, 4) is 5.88 Å². The lowest BCUT2D eigenvalue weighted by Crippen LogP contribution is -2.15. The first-order chi connectivity index (χ1) is 9.88. The molecule has 1 heterocycles. The smallest absolute Gasteiger partial charge is 0.214 e. The highest BCUT2D eigenvalue weighted by atomic mass is 79.9. The third kappa shape index (κ3) is 4.55. The lowest BCUT2D eigenvalue weighted by atomic mass is 9.91. The number of hydrogen-bond donors (Lipinski definition) is 1. The second-order valence-corrected chi connectivity index (χ2v) is 6.94. The fourth-order valence-electron chi connectivity index (χ4n) is 1.89. The first-order valence-corrected chi connectivity index (χ1v) is 7.67. The highest BCUT2D eigenvalue weighted by molar-refractivity contribution is 9.10. The van der Waals surface area contributed by atoms with E-state index in [2.05, 4.69) is 41.7 Å². The third-order valence-electron chi connectivity index (χ3n) is 3.09. The first kappa shape index (κ1) is 16.0. The van der Waals surface area contributed by atoms with Gasteiger partial charge in [-0.2, -0.15) is 0 Å². The summed E-state index contributed by atoms with van der Waals surface area (Å²) < 4.78 is 6.81. The molecule has 1 aromatic carbocycles. The van der Waals surface area contributed by atoms with Crippen molar-refractivity contribution in [2.75, 3.05) is 0 Å². The lowest BCUT2D eigenvalue weighted by molar-refractivity contribution is 0.273. The molecule has 0 atom stereocenters. The van der Waals surface area contributed by atoms with Gasteiger partial charge in [-0.25, -0.2) is 4.98 Å². The van der Waals surface area contributed by atoms with Crippen molar-refractivity contribution >= 4 is 15.9 Å². The van der Waals surface area contributed by atoms with Gasteiger partial charge in [-0.05, 0) is 29.3 Å². The molecule has 0 aliphatic heterocycles. The van der Waals surface area contributed by atoms with Crippen molar-refractivity contribution in [2.24, 2.45) is 0 Å². The van der Waals surface area contributed by atoms with Crippen molar-refractivity contribution in [1.29, 1.82) is 0 Å². The van der Waals surface area contributed by atoms with E-state index < -0.39 is 0 Å². The number of nitrogens with zero attached hydrogens (tertiary/aromatic N) is 1. The van der Waals surface area contributed by atoms with E-state index >= 15 is 0 Å². The quantitative estimate of drug-likeness (QED) is 0.898. The largest absolute Gasteiger partial charge is 0.473 e. The minimum Gasteiger partial charge on any atom is -0.473 e. The number of aliphatic hydroxyl groups excluding tert-OH is 1. The van der Waals surface area contributed by atoms with Gasteiger partial charge in [0.15, 0.2) is 0 Å². The van der Waals surface area contributed by atoms with Crippen LogP contribution in [0.3, 0.4) is 0 Å². The second-order valence-electron chi connectivity index (χ2n) is 6.03. The van der Waals surface area contributed by atoms with Crippen LogP contribution in [0.2, 0.25) is 0 Å². The predicted octanol–water partition coefficient (Wildman–Crippen LogP) is 4.21. The molecular formula is C17H20BrNO2. The number of aliphatic hydroxyl groups is 1. The third-order valence-corrected chi connectivity index (χ3v) is 3.58. The molecule has 2 aromatic rings. The van der Waals surface area contributed by atoms with Crippen molar-refractivity contribution < 1.29 is 9.84 Å². The van der Waals surface area contributed by atoms with Gasteiger partial charge in [0.1, 0.15) is 6.61 Å². The molecule has 21 heavy (non-hydrogen) atoms. The molecule has 0 fully saturated rings. The number of rotatable bonds is 4. The number of aromatic nitrogens is 1. The fourth-order valence-corrected chi connectivity index (χ4v) is 2.34. The van der Waals surface area contributed by atoms with Crippen LogP contribution in [-0.4, -0.2) is 10.1 Å². The van der Waals surface area contributed by atoms with Crippen LogP contribution >= 0.6 is 15.9 Å². The summed E-state index contributed by atoms with van der Waals surface area (Å²) in [6.07, 6.45) is 0. The Morgan fingerprint density at radius 1 is 1.14 bits per heavy atom. The molecule has 3 nitrogen and oxygen atoms in total. The monoisotopic (exact) mass is 349 g/mol. The van der Waals surface area contributed by atoms with E-state index in [4.69, 9.17) is 4.74 Å². The molecule has 0 radical (unpaired) electrons. The van der Waals surface area contributed by atoms with Gasteiger partial charge in [-0.1, -0.05) is 48.8 Å². The van der Waals surface area contributed by atoms with Gasteiger partial charge in [0.05, 0.1) is 12.3 Å². The van der Waals surface area contributed by atoms with E-state index in [1.807, 2.05) is 30.3 Å². The number of hydrogen-bond acceptors (Lipinski definition) is 3. The van der Waals surface area contributed by atoms with E-state index in [1.165, 1.54) is 0 Å². The van der Waals surface area contributed by atoms with Crippen LogP contribution in [0.1, 0.15) is 37.6 Å². The molecule has 0 bridgehead atoms. The van der Waals surface area contributed by atoms with Gasteiger partial charge >= 0.3 is 0 Å². The molecule has 0 saturated carbocycles. The van der Waals surface area contributed by atoms with Crippen LogP contribution in [0.5, 0.6) is 5.88 Å². The molecule has 0 aliphatic rings. The summed E-state index contributed by atoms with van der Waals surface area (Å²) in [7, 11) is 0. The fraction of sp³-hybridized carbons (Fsp3) is 0.353. The Morgan fingerprint density at radius 2 is 1.90 bits per heavy atom. The SMILES string of the molecule is CC(C)(C)c1cc(CO)cc(OCc2cccc(Br)c2)n1. The second kappa shape index (κ2) is 6.58. The Labute approximate surface area is 134 Å². The zero-order chi connectivity index (χ0) is 15.5. The number of halogens is 1. The van der Waals surface area contributed by atoms with Gasteiger partial charge in [-0.15, -0.1) is 0 Å². The van der Waals surface area contributed by atoms with Gasteiger partial charge < -0.3 is 9.84 Å². The molecule has 0 aliphatic carbocycles. The molecule has 2 rings (SSSR count). The lowest BCUT2D eigenvalue weighted by Gasteiger charge is -2.19.